The monoisotopic (exact) mass is 374 g/mol. The molecule has 3 aromatic rings. The SMILES string of the molecule is Cc1ccc(Nc2nc(NCC3CCCO3)cc(-c3ccccc3)n2)cc1C. The lowest BCUT2D eigenvalue weighted by Gasteiger charge is -2.14. The van der Waals surface area contributed by atoms with Gasteiger partial charge in [-0.3, -0.25) is 0 Å². The first-order valence-electron chi connectivity index (χ1n) is 9.81. The van der Waals surface area contributed by atoms with Gasteiger partial charge in [-0.15, -0.1) is 0 Å². The molecule has 1 unspecified atom stereocenters. The first-order chi connectivity index (χ1) is 13.7. The lowest BCUT2D eigenvalue weighted by atomic mass is 10.1. The number of rotatable bonds is 6. The fourth-order valence-electron chi connectivity index (χ4n) is 3.32. The van der Waals surface area contributed by atoms with Crippen LogP contribution >= 0.6 is 0 Å². The number of ether oxygens (including phenoxy) is 1. The molecule has 1 aliphatic heterocycles. The summed E-state index contributed by atoms with van der Waals surface area (Å²) in [5.74, 6) is 1.38. The van der Waals surface area contributed by atoms with Crippen molar-refractivity contribution in [2.45, 2.75) is 32.8 Å². The van der Waals surface area contributed by atoms with Gasteiger partial charge in [-0.05, 0) is 49.9 Å². The molecule has 4 rings (SSSR count). The average Bonchev–Trinajstić information content (AvgIpc) is 3.23. The Labute approximate surface area is 166 Å². The van der Waals surface area contributed by atoms with Crippen molar-refractivity contribution < 1.29 is 4.74 Å². The van der Waals surface area contributed by atoms with E-state index in [0.29, 0.717) is 5.95 Å². The highest BCUT2D eigenvalue weighted by molar-refractivity contribution is 5.66. The van der Waals surface area contributed by atoms with Gasteiger partial charge in [0.2, 0.25) is 5.95 Å². The zero-order valence-corrected chi connectivity index (χ0v) is 16.4. The van der Waals surface area contributed by atoms with Crippen molar-refractivity contribution in [3.63, 3.8) is 0 Å². The zero-order valence-electron chi connectivity index (χ0n) is 16.4. The summed E-state index contributed by atoms with van der Waals surface area (Å²) in [7, 11) is 0. The van der Waals surface area contributed by atoms with Crippen molar-refractivity contribution in [3.8, 4) is 11.3 Å². The van der Waals surface area contributed by atoms with Gasteiger partial charge in [0.15, 0.2) is 0 Å². The smallest absolute Gasteiger partial charge is 0.229 e. The van der Waals surface area contributed by atoms with E-state index >= 15 is 0 Å². The molecule has 0 amide bonds. The molecule has 0 bridgehead atoms. The van der Waals surface area contributed by atoms with E-state index in [1.807, 2.05) is 24.3 Å². The highest BCUT2D eigenvalue weighted by Crippen LogP contribution is 2.24. The van der Waals surface area contributed by atoms with Crippen LogP contribution in [0.5, 0.6) is 0 Å². The van der Waals surface area contributed by atoms with Crippen molar-refractivity contribution in [3.05, 3.63) is 65.7 Å². The maximum atomic E-state index is 5.72. The van der Waals surface area contributed by atoms with Crippen molar-refractivity contribution in [1.82, 2.24) is 9.97 Å². The van der Waals surface area contributed by atoms with Crippen LogP contribution in [-0.4, -0.2) is 29.2 Å². The number of benzene rings is 2. The van der Waals surface area contributed by atoms with Gasteiger partial charge in [0, 0.05) is 30.5 Å². The van der Waals surface area contributed by atoms with Crippen LogP contribution < -0.4 is 10.6 Å². The number of anilines is 3. The van der Waals surface area contributed by atoms with Gasteiger partial charge >= 0.3 is 0 Å². The largest absolute Gasteiger partial charge is 0.376 e. The summed E-state index contributed by atoms with van der Waals surface area (Å²) >= 11 is 0. The third-order valence-corrected chi connectivity index (χ3v) is 5.09. The predicted octanol–water partition coefficient (Wildman–Crippen LogP) is 5.09. The Kier molecular flexibility index (Phi) is 5.53. The van der Waals surface area contributed by atoms with Crippen LogP contribution in [0.1, 0.15) is 24.0 Å². The van der Waals surface area contributed by atoms with E-state index in [4.69, 9.17) is 9.72 Å². The molecule has 5 heteroatoms. The average molecular weight is 374 g/mol. The van der Waals surface area contributed by atoms with Gasteiger partial charge in [0.25, 0.3) is 0 Å². The second kappa shape index (κ2) is 8.40. The predicted molar refractivity (Wildman–Crippen MR) is 114 cm³/mol. The molecule has 1 aromatic heterocycles. The van der Waals surface area contributed by atoms with Crippen LogP contribution in [0.3, 0.4) is 0 Å². The summed E-state index contributed by atoms with van der Waals surface area (Å²) < 4.78 is 5.72. The number of aromatic nitrogens is 2. The summed E-state index contributed by atoms with van der Waals surface area (Å²) in [6, 6.07) is 18.5. The topological polar surface area (TPSA) is 59.1 Å². The zero-order chi connectivity index (χ0) is 19.3. The fraction of sp³-hybridized carbons (Fsp3) is 0.304. The van der Waals surface area contributed by atoms with E-state index in [9.17, 15) is 0 Å². The second-order valence-electron chi connectivity index (χ2n) is 7.27. The summed E-state index contributed by atoms with van der Waals surface area (Å²) in [6.45, 7) is 5.83. The molecule has 0 spiro atoms. The third-order valence-electron chi connectivity index (χ3n) is 5.09. The van der Waals surface area contributed by atoms with E-state index in [1.165, 1.54) is 11.1 Å². The molecule has 0 saturated carbocycles. The molecule has 0 aliphatic carbocycles. The van der Waals surface area contributed by atoms with Gasteiger partial charge in [-0.25, -0.2) is 4.98 Å². The fourth-order valence-corrected chi connectivity index (χ4v) is 3.32. The minimum atomic E-state index is 0.256. The minimum Gasteiger partial charge on any atom is -0.376 e. The molecular formula is C23H26N4O. The van der Waals surface area contributed by atoms with Crippen LogP contribution in [0, 0.1) is 13.8 Å². The molecule has 144 valence electrons. The number of nitrogens with one attached hydrogen (secondary N) is 2. The van der Waals surface area contributed by atoms with Gasteiger partial charge in [-0.1, -0.05) is 36.4 Å². The quantitative estimate of drug-likeness (QED) is 0.629. The van der Waals surface area contributed by atoms with Crippen LogP contribution in [0.15, 0.2) is 54.6 Å². The summed E-state index contributed by atoms with van der Waals surface area (Å²) in [4.78, 5) is 9.42. The molecule has 0 radical (unpaired) electrons. The van der Waals surface area contributed by atoms with Gasteiger partial charge in [0.1, 0.15) is 5.82 Å². The number of hydrogen-bond donors (Lipinski definition) is 2. The first-order valence-corrected chi connectivity index (χ1v) is 9.81. The Balaban J connectivity index is 1.61. The Hall–Kier alpha value is -2.92. The summed E-state index contributed by atoms with van der Waals surface area (Å²) in [5, 5.41) is 6.78. The standard InChI is InChI=1S/C23H26N4O/c1-16-10-11-19(13-17(16)2)25-23-26-21(18-7-4-3-5-8-18)14-22(27-23)24-15-20-9-6-12-28-20/h3-5,7-8,10-11,13-14,20H,6,9,12,15H2,1-2H3,(H2,24,25,26,27). The normalized spacial score (nSPS) is 16.1. The molecule has 1 fully saturated rings. The van der Waals surface area contributed by atoms with Crippen molar-refractivity contribution in [2.75, 3.05) is 23.8 Å². The Morgan fingerprint density at radius 3 is 2.61 bits per heavy atom. The molecular weight excluding hydrogens is 348 g/mol. The number of nitrogens with zero attached hydrogens (tertiary/aromatic N) is 2. The maximum Gasteiger partial charge on any atom is 0.229 e. The van der Waals surface area contributed by atoms with E-state index in [1.54, 1.807) is 0 Å². The van der Waals surface area contributed by atoms with Crippen LogP contribution in [0.2, 0.25) is 0 Å². The van der Waals surface area contributed by atoms with Crippen molar-refractivity contribution >= 4 is 17.5 Å². The van der Waals surface area contributed by atoms with Gasteiger partial charge < -0.3 is 15.4 Å². The van der Waals surface area contributed by atoms with Crippen LogP contribution in [-0.2, 0) is 4.74 Å². The Morgan fingerprint density at radius 2 is 1.86 bits per heavy atom. The van der Waals surface area contributed by atoms with E-state index in [2.05, 4.69) is 59.8 Å². The molecule has 1 aliphatic rings. The Morgan fingerprint density at radius 1 is 1.00 bits per heavy atom. The molecule has 2 heterocycles. The van der Waals surface area contributed by atoms with Crippen LogP contribution in [0.25, 0.3) is 11.3 Å². The molecule has 1 saturated heterocycles. The molecule has 5 nitrogen and oxygen atoms in total. The Bertz CT molecular complexity index is 937. The van der Waals surface area contributed by atoms with Crippen molar-refractivity contribution in [2.24, 2.45) is 0 Å². The second-order valence-corrected chi connectivity index (χ2v) is 7.27. The lowest BCUT2D eigenvalue weighted by Crippen LogP contribution is -2.19. The van der Waals surface area contributed by atoms with Gasteiger partial charge in [0.05, 0.1) is 11.8 Å². The molecule has 28 heavy (non-hydrogen) atoms. The number of aryl methyl sites for hydroxylation is 2. The lowest BCUT2D eigenvalue weighted by molar-refractivity contribution is 0.120. The van der Waals surface area contributed by atoms with E-state index in [-0.39, 0.29) is 6.10 Å². The van der Waals surface area contributed by atoms with Gasteiger partial charge in [-0.2, -0.15) is 4.98 Å². The van der Waals surface area contributed by atoms with Crippen molar-refractivity contribution in [1.29, 1.82) is 0 Å². The summed E-state index contributed by atoms with van der Waals surface area (Å²) in [5.41, 5.74) is 5.44. The molecule has 2 aromatic carbocycles. The molecule has 2 N–H and O–H groups in total. The highest BCUT2D eigenvalue weighted by Gasteiger charge is 2.16. The highest BCUT2D eigenvalue weighted by atomic mass is 16.5. The number of hydrogen-bond acceptors (Lipinski definition) is 5. The summed E-state index contributed by atoms with van der Waals surface area (Å²) in [6.07, 6.45) is 2.48. The third kappa shape index (κ3) is 4.49. The minimum absolute atomic E-state index is 0.256. The molecule has 1 atom stereocenters. The first kappa shape index (κ1) is 18.4. The maximum absolute atomic E-state index is 5.72. The van der Waals surface area contributed by atoms with E-state index in [0.717, 1.165) is 48.8 Å². The van der Waals surface area contributed by atoms with E-state index < -0.39 is 0 Å². The van der Waals surface area contributed by atoms with Crippen LogP contribution in [0.4, 0.5) is 17.5 Å².